The summed E-state index contributed by atoms with van der Waals surface area (Å²) < 4.78 is 27.1. The van der Waals surface area contributed by atoms with Crippen LogP contribution in [0.15, 0.2) is 46.2 Å². The van der Waals surface area contributed by atoms with Crippen molar-refractivity contribution in [1.82, 2.24) is 5.32 Å². The molecule has 9 nitrogen and oxygen atoms in total. The second-order valence-corrected chi connectivity index (χ2v) is 8.08. The van der Waals surface area contributed by atoms with Gasteiger partial charge in [-0.25, -0.2) is 0 Å². The molecule has 2 aromatic rings. The quantitative estimate of drug-likeness (QED) is 0.486. The number of ketones is 1. The minimum atomic E-state index is -1.08. The number of carbonyl (C=O) groups excluding carboxylic acids is 3. The van der Waals surface area contributed by atoms with Gasteiger partial charge in [0.2, 0.25) is 11.7 Å². The molecule has 34 heavy (non-hydrogen) atoms. The highest BCUT2D eigenvalue weighted by atomic mass is 16.5. The number of ether oxygens (including phenoxy) is 4. The van der Waals surface area contributed by atoms with Gasteiger partial charge in [-0.15, -0.1) is 0 Å². The van der Waals surface area contributed by atoms with Gasteiger partial charge in [0.05, 0.1) is 34.2 Å². The molecule has 0 unspecified atom stereocenters. The van der Waals surface area contributed by atoms with Crippen molar-refractivity contribution in [3.63, 3.8) is 0 Å². The number of Topliss-reactive ketones (excluding diaryl/α,β-unsaturated/α-hetero) is 1. The molecule has 0 saturated carbocycles. The molecule has 0 fully saturated rings. The number of benzene rings is 1. The SMILES string of the molecule is CCOC(=O)[C@@H]1C(=O)C2=C(C[C@@H]1c1ccco1)NC(=O)C[C@@H]2c1cc(OC)c(OC)c(OC)c1. The molecular weight excluding hydrogens is 442 g/mol. The Bertz CT molecular complexity index is 1110. The van der Waals surface area contributed by atoms with E-state index in [4.69, 9.17) is 23.4 Å². The smallest absolute Gasteiger partial charge is 0.317 e. The Hall–Kier alpha value is -3.75. The number of esters is 1. The van der Waals surface area contributed by atoms with E-state index in [2.05, 4.69) is 5.32 Å². The summed E-state index contributed by atoms with van der Waals surface area (Å²) in [5.74, 6) is -1.78. The van der Waals surface area contributed by atoms with Gasteiger partial charge in [0, 0.05) is 29.5 Å². The van der Waals surface area contributed by atoms with E-state index in [0.29, 0.717) is 39.8 Å². The van der Waals surface area contributed by atoms with Crippen molar-refractivity contribution in [2.45, 2.75) is 31.6 Å². The number of allylic oxidation sites excluding steroid dienone is 2. The highest BCUT2D eigenvalue weighted by Crippen LogP contribution is 2.48. The first-order valence-corrected chi connectivity index (χ1v) is 11.0. The Morgan fingerprint density at radius 1 is 1.09 bits per heavy atom. The van der Waals surface area contributed by atoms with Gasteiger partial charge in [0.1, 0.15) is 11.7 Å². The van der Waals surface area contributed by atoms with Gasteiger partial charge in [-0.2, -0.15) is 0 Å². The third kappa shape index (κ3) is 4.02. The molecule has 1 aliphatic heterocycles. The second kappa shape index (κ2) is 9.62. The van der Waals surface area contributed by atoms with E-state index < -0.39 is 23.7 Å². The average molecular weight is 469 g/mol. The van der Waals surface area contributed by atoms with E-state index in [1.54, 1.807) is 31.2 Å². The van der Waals surface area contributed by atoms with Crippen LogP contribution < -0.4 is 19.5 Å². The number of amides is 1. The molecule has 180 valence electrons. The van der Waals surface area contributed by atoms with Crippen LogP contribution in [0, 0.1) is 5.92 Å². The molecule has 0 saturated heterocycles. The lowest BCUT2D eigenvalue weighted by atomic mass is 9.69. The maximum atomic E-state index is 13.9. The lowest BCUT2D eigenvalue weighted by molar-refractivity contribution is -0.152. The number of furan rings is 1. The zero-order chi connectivity index (χ0) is 24.4. The van der Waals surface area contributed by atoms with Gasteiger partial charge in [0.25, 0.3) is 0 Å². The molecular formula is C25H27NO8. The molecule has 1 aromatic carbocycles. The summed E-state index contributed by atoms with van der Waals surface area (Å²) in [6, 6.07) is 6.86. The molecule has 1 N–H and O–H groups in total. The van der Waals surface area contributed by atoms with Crippen molar-refractivity contribution in [2.75, 3.05) is 27.9 Å². The standard InChI is InChI=1S/C25H27NO8/c1-5-33-25(29)22-15(17-7-6-8-34-17)11-16-21(23(22)28)14(12-20(27)26-16)13-9-18(30-2)24(32-4)19(10-13)31-3/h6-10,14-15,22H,5,11-12H2,1-4H3,(H,26,27)/t14-,15-,22+/m1/s1. The molecule has 9 heteroatoms. The number of carbonyl (C=O) groups is 3. The van der Waals surface area contributed by atoms with Crippen LogP contribution in [0.2, 0.25) is 0 Å². The second-order valence-electron chi connectivity index (χ2n) is 8.08. The van der Waals surface area contributed by atoms with E-state index in [0.717, 1.165) is 0 Å². The van der Waals surface area contributed by atoms with Gasteiger partial charge in [-0.05, 0) is 43.2 Å². The van der Waals surface area contributed by atoms with E-state index in [1.165, 1.54) is 27.6 Å². The molecule has 4 rings (SSSR count). The predicted octanol–water partition coefficient (Wildman–Crippen LogP) is 3.10. The van der Waals surface area contributed by atoms with E-state index in [-0.39, 0.29) is 31.1 Å². The molecule has 2 heterocycles. The summed E-state index contributed by atoms with van der Waals surface area (Å²) in [4.78, 5) is 39.5. The van der Waals surface area contributed by atoms with Gasteiger partial charge in [-0.3, -0.25) is 14.4 Å². The first-order chi connectivity index (χ1) is 16.4. The van der Waals surface area contributed by atoms with Gasteiger partial charge < -0.3 is 28.7 Å². The Kier molecular flexibility index (Phi) is 6.63. The molecule has 2 aliphatic rings. The minimum Gasteiger partial charge on any atom is -0.493 e. The zero-order valence-electron chi connectivity index (χ0n) is 19.5. The summed E-state index contributed by atoms with van der Waals surface area (Å²) in [5.41, 5.74) is 1.51. The third-order valence-corrected chi connectivity index (χ3v) is 6.27. The van der Waals surface area contributed by atoms with Gasteiger partial charge in [-0.1, -0.05) is 0 Å². The number of methoxy groups -OCH3 is 3. The monoisotopic (exact) mass is 469 g/mol. The molecule has 0 radical (unpaired) electrons. The van der Waals surface area contributed by atoms with Crippen molar-refractivity contribution < 1.29 is 37.7 Å². The van der Waals surface area contributed by atoms with Crippen molar-refractivity contribution in [2.24, 2.45) is 5.92 Å². The normalized spacial score (nSPS) is 22.1. The first kappa shape index (κ1) is 23.4. The van der Waals surface area contributed by atoms with Crippen LogP contribution in [0.4, 0.5) is 0 Å². The highest BCUT2D eigenvalue weighted by molar-refractivity contribution is 6.12. The Labute approximate surface area is 197 Å². The number of hydrogen-bond donors (Lipinski definition) is 1. The molecule has 1 aromatic heterocycles. The van der Waals surface area contributed by atoms with Crippen LogP contribution >= 0.6 is 0 Å². The van der Waals surface area contributed by atoms with Crippen molar-refractivity contribution in [3.8, 4) is 17.2 Å². The summed E-state index contributed by atoms with van der Waals surface area (Å²) in [5, 5.41) is 2.85. The minimum absolute atomic E-state index is 0.0319. The van der Waals surface area contributed by atoms with Crippen LogP contribution in [0.1, 0.15) is 42.9 Å². The first-order valence-electron chi connectivity index (χ1n) is 11.0. The van der Waals surface area contributed by atoms with E-state index >= 15 is 0 Å². The summed E-state index contributed by atoms with van der Waals surface area (Å²) in [6.07, 6.45) is 1.78. The van der Waals surface area contributed by atoms with Crippen molar-refractivity contribution in [3.05, 3.63) is 53.1 Å². The Balaban J connectivity index is 1.85. The topological polar surface area (TPSA) is 113 Å². The van der Waals surface area contributed by atoms with Crippen molar-refractivity contribution >= 4 is 17.7 Å². The summed E-state index contributed by atoms with van der Waals surface area (Å²) >= 11 is 0. The lowest BCUT2D eigenvalue weighted by Gasteiger charge is -2.37. The van der Waals surface area contributed by atoms with E-state index in [9.17, 15) is 14.4 Å². The fraction of sp³-hybridized carbons (Fsp3) is 0.400. The summed E-state index contributed by atoms with van der Waals surface area (Å²) in [7, 11) is 4.49. The van der Waals surface area contributed by atoms with Crippen LogP contribution in [0.25, 0.3) is 0 Å². The Morgan fingerprint density at radius 3 is 2.35 bits per heavy atom. The van der Waals surface area contributed by atoms with Crippen LogP contribution in [0.3, 0.4) is 0 Å². The number of rotatable bonds is 7. The maximum Gasteiger partial charge on any atom is 0.317 e. The fourth-order valence-electron chi connectivity index (χ4n) is 4.81. The molecule has 0 spiro atoms. The Morgan fingerprint density at radius 2 is 1.79 bits per heavy atom. The summed E-state index contributed by atoms with van der Waals surface area (Å²) in [6.45, 7) is 1.84. The largest absolute Gasteiger partial charge is 0.493 e. The molecule has 0 bridgehead atoms. The highest BCUT2D eigenvalue weighted by Gasteiger charge is 2.48. The van der Waals surface area contributed by atoms with Gasteiger partial charge in [0.15, 0.2) is 17.3 Å². The van der Waals surface area contributed by atoms with Crippen LogP contribution in [0.5, 0.6) is 17.2 Å². The average Bonchev–Trinajstić information content (AvgIpc) is 3.37. The maximum absolute atomic E-state index is 13.9. The van der Waals surface area contributed by atoms with Crippen molar-refractivity contribution in [1.29, 1.82) is 0 Å². The third-order valence-electron chi connectivity index (χ3n) is 6.27. The number of hydrogen-bond acceptors (Lipinski definition) is 8. The fourth-order valence-corrected chi connectivity index (χ4v) is 4.81. The van der Waals surface area contributed by atoms with Crippen LogP contribution in [-0.2, 0) is 19.1 Å². The van der Waals surface area contributed by atoms with E-state index in [1.807, 2.05) is 0 Å². The predicted molar refractivity (Wildman–Crippen MR) is 120 cm³/mol. The van der Waals surface area contributed by atoms with Gasteiger partial charge >= 0.3 is 5.97 Å². The number of nitrogens with one attached hydrogen (secondary N) is 1. The lowest BCUT2D eigenvalue weighted by Crippen LogP contribution is -2.44. The molecule has 3 atom stereocenters. The molecule has 1 amide bonds. The molecule has 1 aliphatic carbocycles. The van der Waals surface area contributed by atoms with Crippen LogP contribution in [-0.4, -0.2) is 45.6 Å². The zero-order valence-corrected chi connectivity index (χ0v) is 19.5.